The standard InChI is InChI=1S/C25H42O2/c1-18-7-6-8-19-22(18,3)10-9-20-23(19,4)12-11-21(2)17-25(26-15-16-27-25)14-13-24(20,21)5/h18-20H,6-17H2,1-5H3. The van der Waals surface area contributed by atoms with E-state index in [1.54, 1.807) is 0 Å². The highest BCUT2D eigenvalue weighted by Crippen LogP contribution is 2.75. The van der Waals surface area contributed by atoms with Crippen molar-refractivity contribution in [1.82, 2.24) is 0 Å². The molecule has 4 saturated carbocycles. The Morgan fingerprint density at radius 1 is 0.704 bits per heavy atom. The van der Waals surface area contributed by atoms with E-state index in [9.17, 15) is 0 Å². The molecule has 0 aromatic rings. The molecule has 1 spiro atoms. The summed E-state index contributed by atoms with van der Waals surface area (Å²) in [4.78, 5) is 0. The second-order valence-corrected chi connectivity index (χ2v) is 12.2. The van der Waals surface area contributed by atoms with Gasteiger partial charge < -0.3 is 9.47 Å². The Morgan fingerprint density at radius 2 is 1.44 bits per heavy atom. The zero-order valence-electron chi connectivity index (χ0n) is 18.5. The van der Waals surface area contributed by atoms with Crippen LogP contribution in [-0.4, -0.2) is 19.0 Å². The zero-order chi connectivity index (χ0) is 19.1. The van der Waals surface area contributed by atoms with Crippen molar-refractivity contribution in [3.8, 4) is 0 Å². The third-order valence-corrected chi connectivity index (χ3v) is 11.5. The van der Waals surface area contributed by atoms with E-state index in [4.69, 9.17) is 9.47 Å². The van der Waals surface area contributed by atoms with Crippen LogP contribution in [0.2, 0.25) is 0 Å². The van der Waals surface area contributed by atoms with Crippen LogP contribution in [-0.2, 0) is 9.47 Å². The molecule has 5 fully saturated rings. The molecule has 7 unspecified atom stereocenters. The van der Waals surface area contributed by atoms with Crippen LogP contribution in [0.1, 0.15) is 98.8 Å². The van der Waals surface area contributed by atoms with Crippen molar-refractivity contribution in [3.05, 3.63) is 0 Å². The number of ether oxygens (including phenoxy) is 2. The summed E-state index contributed by atoms with van der Waals surface area (Å²) < 4.78 is 12.4. The molecule has 2 nitrogen and oxygen atoms in total. The molecule has 154 valence electrons. The van der Waals surface area contributed by atoms with Gasteiger partial charge in [0.2, 0.25) is 0 Å². The van der Waals surface area contributed by atoms with Crippen LogP contribution in [0.4, 0.5) is 0 Å². The normalized spacial score (nSPS) is 57.0. The van der Waals surface area contributed by atoms with Gasteiger partial charge in [-0.1, -0.05) is 47.5 Å². The predicted octanol–water partition coefficient (Wildman–Crippen LogP) is 6.58. The van der Waals surface area contributed by atoms with Crippen LogP contribution in [0.25, 0.3) is 0 Å². The van der Waals surface area contributed by atoms with Crippen molar-refractivity contribution >= 4 is 0 Å². The van der Waals surface area contributed by atoms with Crippen molar-refractivity contribution in [2.24, 2.45) is 39.4 Å². The van der Waals surface area contributed by atoms with Gasteiger partial charge in [-0.2, -0.15) is 0 Å². The summed E-state index contributed by atoms with van der Waals surface area (Å²) in [7, 11) is 0. The molecule has 27 heavy (non-hydrogen) atoms. The van der Waals surface area contributed by atoms with E-state index in [0.29, 0.717) is 21.7 Å². The van der Waals surface area contributed by atoms with Gasteiger partial charge in [-0.3, -0.25) is 0 Å². The molecule has 7 atom stereocenters. The molecular weight excluding hydrogens is 332 g/mol. The van der Waals surface area contributed by atoms with Gasteiger partial charge in [0.15, 0.2) is 5.79 Å². The van der Waals surface area contributed by atoms with Crippen molar-refractivity contribution in [2.75, 3.05) is 13.2 Å². The summed E-state index contributed by atoms with van der Waals surface area (Å²) in [5.41, 5.74) is 1.94. The predicted molar refractivity (Wildman–Crippen MR) is 109 cm³/mol. The maximum absolute atomic E-state index is 6.20. The fourth-order valence-electron chi connectivity index (χ4n) is 9.45. The minimum absolute atomic E-state index is 0.246. The summed E-state index contributed by atoms with van der Waals surface area (Å²) >= 11 is 0. The molecule has 0 radical (unpaired) electrons. The Kier molecular flexibility index (Phi) is 4.03. The van der Waals surface area contributed by atoms with Gasteiger partial charge in [-0.15, -0.1) is 0 Å². The monoisotopic (exact) mass is 374 g/mol. The van der Waals surface area contributed by atoms with Gasteiger partial charge in [0.05, 0.1) is 13.2 Å². The van der Waals surface area contributed by atoms with E-state index < -0.39 is 0 Å². The number of hydrogen-bond donors (Lipinski definition) is 0. The summed E-state index contributed by atoms with van der Waals surface area (Å²) in [5.74, 6) is 2.48. The third-order valence-electron chi connectivity index (χ3n) is 11.5. The van der Waals surface area contributed by atoms with E-state index in [2.05, 4.69) is 34.6 Å². The topological polar surface area (TPSA) is 18.5 Å². The van der Waals surface area contributed by atoms with Crippen LogP contribution in [0.3, 0.4) is 0 Å². The van der Waals surface area contributed by atoms with E-state index in [-0.39, 0.29) is 5.79 Å². The van der Waals surface area contributed by atoms with Crippen molar-refractivity contribution in [1.29, 1.82) is 0 Å². The first-order valence-electron chi connectivity index (χ1n) is 12.0. The van der Waals surface area contributed by atoms with E-state index in [1.807, 2.05) is 0 Å². The van der Waals surface area contributed by atoms with E-state index in [1.165, 1.54) is 51.4 Å². The molecule has 1 aliphatic heterocycles. The Balaban J connectivity index is 1.50. The Morgan fingerprint density at radius 3 is 2.19 bits per heavy atom. The first kappa shape index (κ1) is 18.9. The summed E-state index contributed by atoms with van der Waals surface area (Å²) in [5, 5.41) is 0. The van der Waals surface area contributed by atoms with Gasteiger partial charge in [-0.05, 0) is 77.9 Å². The average Bonchev–Trinajstić information content (AvgIpc) is 3.07. The lowest BCUT2D eigenvalue weighted by Crippen LogP contribution is -2.65. The highest BCUT2D eigenvalue weighted by molar-refractivity contribution is 5.16. The lowest BCUT2D eigenvalue weighted by Gasteiger charge is -2.71. The molecule has 2 heteroatoms. The quantitative estimate of drug-likeness (QED) is 0.477. The van der Waals surface area contributed by atoms with Gasteiger partial charge in [0, 0.05) is 12.8 Å². The van der Waals surface area contributed by atoms with Gasteiger partial charge >= 0.3 is 0 Å². The van der Waals surface area contributed by atoms with Crippen LogP contribution >= 0.6 is 0 Å². The first-order chi connectivity index (χ1) is 12.7. The van der Waals surface area contributed by atoms with Crippen molar-refractivity contribution < 1.29 is 9.47 Å². The van der Waals surface area contributed by atoms with Crippen molar-refractivity contribution in [3.63, 3.8) is 0 Å². The molecule has 0 N–H and O–H groups in total. The Hall–Kier alpha value is -0.0800. The summed E-state index contributed by atoms with van der Waals surface area (Å²) in [6.45, 7) is 14.8. The molecular formula is C25H42O2. The molecule has 5 rings (SSSR count). The van der Waals surface area contributed by atoms with Gasteiger partial charge in [0.25, 0.3) is 0 Å². The summed E-state index contributed by atoms with van der Waals surface area (Å²) in [6.07, 6.45) is 13.6. The molecule has 0 aromatic carbocycles. The number of hydrogen-bond acceptors (Lipinski definition) is 2. The second kappa shape index (κ2) is 5.75. The first-order valence-corrected chi connectivity index (χ1v) is 12.0. The third kappa shape index (κ3) is 2.32. The molecule has 5 aliphatic rings. The highest BCUT2D eigenvalue weighted by atomic mass is 16.7. The molecule has 1 heterocycles. The largest absolute Gasteiger partial charge is 0.348 e. The molecule has 0 bridgehead atoms. The molecule has 0 amide bonds. The smallest absolute Gasteiger partial charge is 0.169 e. The SMILES string of the molecule is CC1CCCC2C1(C)CCC1C2(C)CCC2(C)CC3(CCC12C)OCCO3. The maximum Gasteiger partial charge on any atom is 0.169 e. The Bertz CT molecular complexity index is 609. The second-order valence-electron chi connectivity index (χ2n) is 12.2. The highest BCUT2D eigenvalue weighted by Gasteiger charge is 2.68. The minimum Gasteiger partial charge on any atom is -0.348 e. The van der Waals surface area contributed by atoms with Crippen LogP contribution in [0.15, 0.2) is 0 Å². The van der Waals surface area contributed by atoms with Crippen LogP contribution in [0.5, 0.6) is 0 Å². The fourth-order valence-corrected chi connectivity index (χ4v) is 9.45. The van der Waals surface area contributed by atoms with E-state index in [0.717, 1.165) is 43.8 Å². The minimum atomic E-state index is -0.246. The maximum atomic E-state index is 6.20. The molecule has 0 aromatic heterocycles. The molecule has 4 aliphatic carbocycles. The lowest BCUT2D eigenvalue weighted by molar-refractivity contribution is -0.276. The Labute approximate surface area is 167 Å². The van der Waals surface area contributed by atoms with Gasteiger partial charge in [-0.25, -0.2) is 0 Å². The van der Waals surface area contributed by atoms with E-state index >= 15 is 0 Å². The summed E-state index contributed by atoms with van der Waals surface area (Å²) in [6, 6.07) is 0. The van der Waals surface area contributed by atoms with Crippen molar-refractivity contribution in [2.45, 2.75) is 105 Å². The number of fused-ring (bicyclic) bond motifs is 5. The zero-order valence-corrected chi connectivity index (χ0v) is 18.5. The number of rotatable bonds is 0. The molecule has 1 saturated heterocycles. The fraction of sp³-hybridized carbons (Fsp3) is 1.00. The van der Waals surface area contributed by atoms with Crippen LogP contribution in [0, 0.1) is 39.4 Å². The van der Waals surface area contributed by atoms with Crippen LogP contribution < -0.4 is 0 Å². The average molecular weight is 375 g/mol. The lowest BCUT2D eigenvalue weighted by atomic mass is 9.34. The van der Waals surface area contributed by atoms with Gasteiger partial charge in [0.1, 0.15) is 0 Å².